The highest BCUT2D eigenvalue weighted by Crippen LogP contribution is 2.64. The summed E-state index contributed by atoms with van der Waals surface area (Å²) in [5.41, 5.74) is 6.06. The average Bonchev–Trinajstić information content (AvgIpc) is 3.13. The average molecular weight is 505 g/mol. The largest absolute Gasteiger partial charge is 0.476 e. The summed E-state index contributed by atoms with van der Waals surface area (Å²) < 4.78 is 49.2. The molecule has 3 rings (SSSR count). The second kappa shape index (κ2) is 8.56. The van der Waals surface area contributed by atoms with Crippen molar-refractivity contribution in [2.45, 2.75) is 24.5 Å². The summed E-state index contributed by atoms with van der Waals surface area (Å²) in [5, 5.41) is 20.5. The zero-order valence-electron chi connectivity index (χ0n) is 15.2. The predicted molar refractivity (Wildman–Crippen MR) is 99.3 cm³/mol. The summed E-state index contributed by atoms with van der Waals surface area (Å²) >= 11 is 0. The van der Waals surface area contributed by atoms with Crippen molar-refractivity contribution < 1.29 is 57.1 Å². The van der Waals surface area contributed by atoms with Crippen molar-refractivity contribution in [1.29, 1.82) is 0 Å². The number of anilines is 1. The predicted octanol–water partition coefficient (Wildman–Crippen LogP) is -1.52. The molecule has 1 aliphatic heterocycles. The number of nitrogen functional groups attached to an aromatic ring is 1. The summed E-state index contributed by atoms with van der Waals surface area (Å²) in [7, 11) is -15.6. The molecule has 6 atom stereocenters. The van der Waals surface area contributed by atoms with Crippen LogP contribution in [0.4, 0.5) is 5.82 Å². The SMILES string of the molecule is Nc1ncnc2c1ncn2[C@@H]1O[C@@H](COP(=O)(O)CP(=O)(O)OP(=O)(O)O)[C@H](O)[C@H]1O. The Morgan fingerprint density at radius 2 is 1.74 bits per heavy atom. The lowest BCUT2D eigenvalue weighted by Gasteiger charge is -2.19. The van der Waals surface area contributed by atoms with Crippen LogP contribution in [0.25, 0.3) is 11.2 Å². The van der Waals surface area contributed by atoms with Crippen LogP contribution in [-0.4, -0.2) is 80.1 Å². The van der Waals surface area contributed by atoms with E-state index in [-0.39, 0.29) is 17.0 Å². The van der Waals surface area contributed by atoms with E-state index in [1.165, 1.54) is 10.9 Å². The Kier molecular flexibility index (Phi) is 6.71. The summed E-state index contributed by atoms with van der Waals surface area (Å²) in [6, 6.07) is 0. The van der Waals surface area contributed by atoms with Crippen LogP contribution < -0.4 is 5.73 Å². The van der Waals surface area contributed by atoms with Crippen molar-refractivity contribution in [1.82, 2.24) is 19.5 Å². The van der Waals surface area contributed by atoms with Crippen molar-refractivity contribution in [3.63, 3.8) is 0 Å². The minimum atomic E-state index is -5.42. The Morgan fingerprint density at radius 1 is 1.06 bits per heavy atom. The molecule has 1 fully saturated rings. The van der Waals surface area contributed by atoms with Gasteiger partial charge in [-0.1, -0.05) is 0 Å². The molecule has 8 N–H and O–H groups in total. The number of imidazole rings is 1. The van der Waals surface area contributed by atoms with Crippen molar-refractivity contribution in [3.8, 4) is 0 Å². The van der Waals surface area contributed by atoms with Crippen LogP contribution in [0.3, 0.4) is 0 Å². The molecule has 2 aromatic heterocycles. The van der Waals surface area contributed by atoms with Crippen LogP contribution >= 0.6 is 23.0 Å². The van der Waals surface area contributed by atoms with Crippen molar-refractivity contribution in [3.05, 3.63) is 12.7 Å². The van der Waals surface area contributed by atoms with Gasteiger partial charge in [-0.2, -0.15) is 0 Å². The van der Waals surface area contributed by atoms with E-state index in [0.29, 0.717) is 0 Å². The van der Waals surface area contributed by atoms with Crippen LogP contribution in [0, 0.1) is 0 Å². The van der Waals surface area contributed by atoms with E-state index in [1.54, 1.807) is 0 Å². The number of hydrogen-bond donors (Lipinski definition) is 7. The zero-order valence-corrected chi connectivity index (χ0v) is 17.9. The van der Waals surface area contributed by atoms with E-state index in [4.69, 9.17) is 20.3 Å². The second-order valence-corrected chi connectivity index (χ2v) is 12.0. The number of fused-ring (bicyclic) bond motifs is 1. The molecule has 3 heterocycles. The van der Waals surface area contributed by atoms with Crippen LogP contribution in [0.15, 0.2) is 12.7 Å². The first kappa shape index (κ1) is 24.3. The molecule has 20 heteroatoms. The van der Waals surface area contributed by atoms with Gasteiger partial charge in [0.05, 0.1) is 12.9 Å². The fourth-order valence-electron chi connectivity index (χ4n) is 2.80. The number of nitrogens with two attached hydrogens (primary N) is 1. The van der Waals surface area contributed by atoms with Crippen molar-refractivity contribution >= 4 is 40.0 Å². The maximum absolute atomic E-state index is 12.0. The summed E-state index contributed by atoms with van der Waals surface area (Å²) in [6.45, 7) is -0.831. The second-order valence-electron chi connectivity index (χ2n) is 6.41. The van der Waals surface area contributed by atoms with Gasteiger partial charge in [-0.3, -0.25) is 13.7 Å². The van der Waals surface area contributed by atoms with E-state index < -0.39 is 60.1 Å². The number of hydrogen-bond acceptors (Lipinski definition) is 12. The molecule has 2 aromatic rings. The van der Waals surface area contributed by atoms with Crippen molar-refractivity contribution in [2.75, 3.05) is 18.2 Å². The van der Waals surface area contributed by atoms with E-state index >= 15 is 0 Å². The van der Waals surface area contributed by atoms with Gasteiger partial charge in [0.25, 0.3) is 0 Å². The third-order valence-electron chi connectivity index (χ3n) is 4.03. The van der Waals surface area contributed by atoms with Crippen LogP contribution in [0.5, 0.6) is 0 Å². The molecule has 17 nitrogen and oxygen atoms in total. The molecule has 0 spiro atoms. The van der Waals surface area contributed by atoms with E-state index in [0.717, 1.165) is 6.33 Å². The number of ether oxygens (including phenoxy) is 1. The third kappa shape index (κ3) is 5.73. The summed E-state index contributed by atoms with van der Waals surface area (Å²) in [5.74, 6) is -1.58. The topological polar surface area (TPSA) is 270 Å². The number of rotatable bonds is 8. The first-order valence-electron chi connectivity index (χ1n) is 8.19. The lowest BCUT2D eigenvalue weighted by molar-refractivity contribution is -0.0483. The molecule has 0 bridgehead atoms. The molecule has 0 aliphatic carbocycles. The first-order chi connectivity index (χ1) is 14.2. The minimum absolute atomic E-state index is 0.0591. The molecule has 1 saturated heterocycles. The van der Waals surface area contributed by atoms with Gasteiger partial charge in [0.1, 0.15) is 30.2 Å². The van der Waals surface area contributed by atoms with Crippen LogP contribution in [0.2, 0.25) is 0 Å². The minimum Gasteiger partial charge on any atom is -0.387 e. The monoisotopic (exact) mass is 505 g/mol. The van der Waals surface area contributed by atoms with E-state index in [9.17, 15) is 33.7 Å². The summed E-state index contributed by atoms with van der Waals surface area (Å²) in [4.78, 5) is 47.9. The van der Waals surface area contributed by atoms with Gasteiger partial charge in [-0.25, -0.2) is 23.8 Å². The molecule has 0 amide bonds. The maximum Gasteiger partial charge on any atom is 0.476 e. The molecular weight excluding hydrogens is 487 g/mol. The standard InChI is InChI=1S/C11H18N5O12P3/c12-9-6-10(14-2-13-9)16(3-15-6)11-8(18)7(17)5(27-11)1-26-29(19,20)4-30(21,22)28-31(23,24)25/h2-3,5,7-8,11,17-18H,1,4H2,(H,19,20)(H,21,22)(H2,12,13,14)(H2,23,24,25)/t5-,7-,8+,11+/m0/s1. The Morgan fingerprint density at radius 3 is 2.39 bits per heavy atom. The Bertz CT molecular complexity index is 1110. The van der Waals surface area contributed by atoms with Gasteiger partial charge in [-0.05, 0) is 0 Å². The van der Waals surface area contributed by atoms with E-state index in [1.807, 2.05) is 0 Å². The summed E-state index contributed by atoms with van der Waals surface area (Å²) in [6.07, 6.45) is -3.43. The highest BCUT2D eigenvalue weighted by atomic mass is 31.3. The molecule has 0 aromatic carbocycles. The Balaban J connectivity index is 1.69. The van der Waals surface area contributed by atoms with Gasteiger partial charge in [-0.15, -0.1) is 0 Å². The zero-order chi connectivity index (χ0) is 23.2. The number of aliphatic hydroxyl groups excluding tert-OH is 2. The Hall–Kier alpha value is -1.32. The van der Waals surface area contributed by atoms with Crippen LogP contribution in [-0.2, 0) is 27.3 Å². The van der Waals surface area contributed by atoms with Gasteiger partial charge >= 0.3 is 23.0 Å². The van der Waals surface area contributed by atoms with Gasteiger partial charge in [0, 0.05) is 0 Å². The van der Waals surface area contributed by atoms with Crippen molar-refractivity contribution in [2.24, 2.45) is 0 Å². The smallest absolute Gasteiger partial charge is 0.387 e. The molecule has 0 radical (unpaired) electrons. The first-order valence-corrected chi connectivity index (χ1v) is 13.2. The molecule has 2 unspecified atom stereocenters. The fourth-order valence-corrected chi connectivity index (χ4v) is 7.32. The highest BCUT2D eigenvalue weighted by Gasteiger charge is 2.46. The highest BCUT2D eigenvalue weighted by molar-refractivity contribution is 7.74. The maximum atomic E-state index is 12.0. The van der Waals surface area contributed by atoms with E-state index in [2.05, 4.69) is 23.8 Å². The number of aliphatic hydroxyl groups is 2. The van der Waals surface area contributed by atoms with Crippen LogP contribution in [0.1, 0.15) is 6.23 Å². The quantitative estimate of drug-likeness (QED) is 0.201. The lowest BCUT2D eigenvalue weighted by Crippen LogP contribution is -2.33. The lowest BCUT2D eigenvalue weighted by atomic mass is 10.1. The number of nitrogens with zero attached hydrogens (tertiary/aromatic N) is 4. The Labute approximate surface area is 172 Å². The third-order valence-corrected chi connectivity index (χ3v) is 9.31. The van der Waals surface area contributed by atoms with Gasteiger partial charge < -0.3 is 44.8 Å². The molecular formula is C11H18N5O12P3. The number of phosphoric acid groups is 1. The molecule has 31 heavy (non-hydrogen) atoms. The molecule has 1 aliphatic rings. The fraction of sp³-hybridized carbons (Fsp3) is 0.545. The molecule has 0 saturated carbocycles. The van der Waals surface area contributed by atoms with Gasteiger partial charge in [0.2, 0.25) is 0 Å². The normalized spacial score (nSPS) is 28.5. The number of aromatic nitrogens is 4. The van der Waals surface area contributed by atoms with Gasteiger partial charge in [0.15, 0.2) is 23.6 Å². The molecule has 174 valence electrons.